The van der Waals surface area contributed by atoms with Crippen molar-refractivity contribution in [2.24, 2.45) is 5.73 Å². The zero-order chi connectivity index (χ0) is 16.1. The first-order valence-electron chi connectivity index (χ1n) is 8.01. The van der Waals surface area contributed by atoms with Crippen LogP contribution in [0.2, 0.25) is 0 Å². The third kappa shape index (κ3) is 3.30. The maximum absolute atomic E-state index is 12.6. The van der Waals surface area contributed by atoms with Gasteiger partial charge in [-0.1, -0.05) is 44.5 Å². The molecule has 0 saturated carbocycles. The minimum atomic E-state index is -0.557. The summed E-state index contributed by atoms with van der Waals surface area (Å²) in [6.07, 6.45) is 2.52. The minimum Gasteiger partial charge on any atom is -0.354 e. The van der Waals surface area contributed by atoms with Crippen LogP contribution in [0.1, 0.15) is 50.3 Å². The van der Waals surface area contributed by atoms with E-state index in [1.54, 1.807) is 4.90 Å². The molecule has 2 amide bonds. The number of unbranched alkanes of at least 4 members (excludes halogenated alkanes) is 1. The Balaban J connectivity index is 2.23. The summed E-state index contributed by atoms with van der Waals surface area (Å²) in [4.78, 5) is 26.7. The van der Waals surface area contributed by atoms with Crippen molar-refractivity contribution in [1.82, 2.24) is 10.2 Å². The van der Waals surface area contributed by atoms with Crippen molar-refractivity contribution in [2.45, 2.75) is 51.7 Å². The molecule has 0 fully saturated rings. The first-order chi connectivity index (χ1) is 10.6. The molecular weight excluding hydrogens is 278 g/mol. The fourth-order valence-corrected chi connectivity index (χ4v) is 2.75. The Morgan fingerprint density at radius 1 is 1.36 bits per heavy atom. The highest BCUT2D eigenvalue weighted by atomic mass is 16.2. The van der Waals surface area contributed by atoms with Crippen LogP contribution >= 0.6 is 0 Å². The fourth-order valence-electron chi connectivity index (χ4n) is 2.75. The van der Waals surface area contributed by atoms with Gasteiger partial charge < -0.3 is 16.0 Å². The number of carbonyl (C=O) groups excluding carboxylic acids is 2. The smallest absolute Gasteiger partial charge is 0.247 e. The van der Waals surface area contributed by atoms with Crippen molar-refractivity contribution >= 4 is 11.8 Å². The molecule has 2 atom stereocenters. The summed E-state index contributed by atoms with van der Waals surface area (Å²) in [6, 6.07) is 6.60. The molecule has 1 aliphatic heterocycles. The molecule has 0 unspecified atom stereocenters. The second-order valence-electron chi connectivity index (χ2n) is 5.73. The molecule has 0 bridgehead atoms. The topological polar surface area (TPSA) is 75.4 Å². The summed E-state index contributed by atoms with van der Waals surface area (Å²) in [5.74, 6) is -0.274. The molecule has 22 heavy (non-hydrogen) atoms. The number of benzene rings is 1. The van der Waals surface area contributed by atoms with E-state index in [1.165, 1.54) is 0 Å². The van der Waals surface area contributed by atoms with Crippen LogP contribution in [-0.4, -0.2) is 29.3 Å². The van der Waals surface area contributed by atoms with Crippen LogP contribution < -0.4 is 11.1 Å². The minimum absolute atomic E-state index is 0.116. The van der Waals surface area contributed by atoms with Crippen molar-refractivity contribution in [3.05, 3.63) is 35.4 Å². The molecule has 0 aliphatic carbocycles. The van der Waals surface area contributed by atoms with E-state index in [-0.39, 0.29) is 11.8 Å². The molecule has 2 rings (SSSR count). The van der Waals surface area contributed by atoms with Crippen LogP contribution in [0.3, 0.4) is 0 Å². The van der Waals surface area contributed by atoms with Crippen LogP contribution in [0, 0.1) is 0 Å². The highest BCUT2D eigenvalue weighted by Gasteiger charge is 2.39. The molecule has 0 radical (unpaired) electrons. The van der Waals surface area contributed by atoms with Gasteiger partial charge in [-0.15, -0.1) is 0 Å². The van der Waals surface area contributed by atoms with Gasteiger partial charge in [-0.2, -0.15) is 0 Å². The molecule has 5 heteroatoms. The van der Waals surface area contributed by atoms with Crippen molar-refractivity contribution < 1.29 is 9.59 Å². The van der Waals surface area contributed by atoms with E-state index in [4.69, 9.17) is 5.73 Å². The molecule has 120 valence electrons. The summed E-state index contributed by atoms with van der Waals surface area (Å²) in [5.41, 5.74) is 7.83. The Hall–Kier alpha value is -1.88. The lowest BCUT2D eigenvalue weighted by molar-refractivity contribution is -0.141. The number of hydrogen-bond acceptors (Lipinski definition) is 3. The lowest BCUT2D eigenvalue weighted by Crippen LogP contribution is -2.46. The summed E-state index contributed by atoms with van der Waals surface area (Å²) >= 11 is 0. The first-order valence-corrected chi connectivity index (χ1v) is 8.01. The Morgan fingerprint density at radius 3 is 2.77 bits per heavy atom. The van der Waals surface area contributed by atoms with Crippen LogP contribution in [-0.2, 0) is 16.1 Å². The molecule has 1 aromatic carbocycles. The number of fused-ring (bicyclic) bond motifs is 1. The predicted octanol–water partition coefficient (Wildman–Crippen LogP) is 1.72. The summed E-state index contributed by atoms with van der Waals surface area (Å²) in [5, 5.41) is 2.93. The molecule has 0 spiro atoms. The summed E-state index contributed by atoms with van der Waals surface area (Å²) < 4.78 is 0. The van der Waals surface area contributed by atoms with E-state index in [2.05, 4.69) is 12.2 Å². The van der Waals surface area contributed by atoms with Crippen LogP contribution in [0.5, 0.6) is 0 Å². The van der Waals surface area contributed by atoms with Gasteiger partial charge in [0, 0.05) is 13.1 Å². The zero-order valence-corrected chi connectivity index (χ0v) is 13.3. The Morgan fingerprint density at radius 2 is 2.09 bits per heavy atom. The Bertz CT molecular complexity index is 544. The van der Waals surface area contributed by atoms with Crippen molar-refractivity contribution in [1.29, 1.82) is 0 Å². The van der Waals surface area contributed by atoms with Gasteiger partial charge in [-0.25, -0.2) is 0 Å². The second kappa shape index (κ2) is 7.40. The highest BCUT2D eigenvalue weighted by Crippen LogP contribution is 2.34. The standard InChI is InChI=1S/C17H25N3O2/c1-3-5-10-19-16(21)15-13-9-7-6-8-12(13)11-20(15)17(22)14(18)4-2/h6-9,14-15H,3-5,10-11,18H2,1-2H3,(H,19,21)/t14-,15+/m0/s1. The number of nitrogens with two attached hydrogens (primary N) is 1. The van der Waals surface area contributed by atoms with Gasteiger partial charge in [0.2, 0.25) is 11.8 Å². The largest absolute Gasteiger partial charge is 0.354 e. The number of nitrogens with zero attached hydrogens (tertiary/aromatic N) is 1. The lowest BCUT2D eigenvalue weighted by Gasteiger charge is -2.26. The molecule has 1 aliphatic rings. The summed E-state index contributed by atoms with van der Waals surface area (Å²) in [7, 11) is 0. The van der Waals surface area contributed by atoms with E-state index in [0.29, 0.717) is 19.5 Å². The quantitative estimate of drug-likeness (QED) is 0.786. The van der Waals surface area contributed by atoms with Gasteiger partial charge in [0.15, 0.2) is 0 Å². The molecule has 5 nitrogen and oxygen atoms in total. The average molecular weight is 303 g/mol. The third-order valence-corrected chi connectivity index (χ3v) is 4.12. The van der Waals surface area contributed by atoms with E-state index < -0.39 is 12.1 Å². The van der Waals surface area contributed by atoms with Gasteiger partial charge in [0.1, 0.15) is 6.04 Å². The number of rotatable bonds is 6. The highest BCUT2D eigenvalue weighted by molar-refractivity contribution is 5.92. The van der Waals surface area contributed by atoms with Crippen molar-refractivity contribution in [3.8, 4) is 0 Å². The molecule has 1 aromatic rings. The van der Waals surface area contributed by atoms with Crippen LogP contribution in [0.25, 0.3) is 0 Å². The molecule has 3 N–H and O–H groups in total. The van der Waals surface area contributed by atoms with E-state index in [0.717, 1.165) is 24.0 Å². The maximum atomic E-state index is 12.6. The normalized spacial score (nSPS) is 18.0. The first kappa shape index (κ1) is 16.5. The molecule has 0 aromatic heterocycles. The van der Waals surface area contributed by atoms with Gasteiger partial charge in [0.05, 0.1) is 6.04 Å². The average Bonchev–Trinajstić information content (AvgIpc) is 2.92. The SMILES string of the molecule is CCCCNC(=O)[C@H]1c2ccccc2CN1C(=O)[C@@H](N)CC. The molecule has 1 heterocycles. The maximum Gasteiger partial charge on any atom is 0.247 e. The van der Waals surface area contributed by atoms with Gasteiger partial charge in [-0.3, -0.25) is 9.59 Å². The fraction of sp³-hybridized carbons (Fsp3) is 0.529. The lowest BCUT2D eigenvalue weighted by atomic mass is 10.0. The number of nitrogens with one attached hydrogen (secondary N) is 1. The summed E-state index contributed by atoms with van der Waals surface area (Å²) in [6.45, 7) is 5.04. The second-order valence-corrected chi connectivity index (χ2v) is 5.73. The number of hydrogen-bond donors (Lipinski definition) is 2. The van der Waals surface area contributed by atoms with Crippen molar-refractivity contribution in [3.63, 3.8) is 0 Å². The number of carbonyl (C=O) groups is 2. The van der Waals surface area contributed by atoms with Crippen LogP contribution in [0.4, 0.5) is 0 Å². The van der Waals surface area contributed by atoms with E-state index >= 15 is 0 Å². The third-order valence-electron chi connectivity index (χ3n) is 4.12. The Labute approximate surface area is 131 Å². The van der Waals surface area contributed by atoms with Gasteiger partial charge in [-0.05, 0) is 24.0 Å². The van der Waals surface area contributed by atoms with Crippen LogP contribution in [0.15, 0.2) is 24.3 Å². The van der Waals surface area contributed by atoms with Crippen molar-refractivity contribution in [2.75, 3.05) is 6.54 Å². The Kier molecular flexibility index (Phi) is 5.55. The van der Waals surface area contributed by atoms with Gasteiger partial charge in [0.25, 0.3) is 0 Å². The van der Waals surface area contributed by atoms with E-state index in [9.17, 15) is 9.59 Å². The van der Waals surface area contributed by atoms with E-state index in [1.807, 2.05) is 31.2 Å². The monoisotopic (exact) mass is 303 g/mol. The zero-order valence-electron chi connectivity index (χ0n) is 13.3. The molecule has 0 saturated heterocycles. The molecular formula is C17H25N3O2. The predicted molar refractivity (Wildman–Crippen MR) is 85.9 cm³/mol. The van der Waals surface area contributed by atoms with Gasteiger partial charge >= 0.3 is 0 Å². The number of amides is 2.